The van der Waals surface area contributed by atoms with Crippen LogP contribution in [0.2, 0.25) is 5.02 Å². The van der Waals surface area contributed by atoms with Crippen molar-refractivity contribution in [2.75, 3.05) is 12.4 Å². The molecule has 3 rings (SSSR count). The molecular formula is C17H17BrClNO. The van der Waals surface area contributed by atoms with Crippen LogP contribution < -0.4 is 10.1 Å². The van der Waals surface area contributed by atoms with Crippen LogP contribution in [0.4, 0.5) is 5.69 Å². The highest BCUT2D eigenvalue weighted by molar-refractivity contribution is 9.10. The first kappa shape index (κ1) is 14.7. The van der Waals surface area contributed by atoms with Gasteiger partial charge in [0.25, 0.3) is 0 Å². The van der Waals surface area contributed by atoms with Gasteiger partial charge >= 0.3 is 0 Å². The van der Waals surface area contributed by atoms with Crippen LogP contribution in [0.5, 0.6) is 5.75 Å². The Morgan fingerprint density at radius 2 is 2.10 bits per heavy atom. The number of anilines is 1. The van der Waals surface area contributed by atoms with E-state index in [1.807, 2.05) is 24.3 Å². The zero-order valence-electron chi connectivity index (χ0n) is 11.8. The van der Waals surface area contributed by atoms with E-state index < -0.39 is 0 Å². The van der Waals surface area contributed by atoms with Crippen molar-refractivity contribution in [1.29, 1.82) is 0 Å². The largest absolute Gasteiger partial charge is 0.497 e. The van der Waals surface area contributed by atoms with Gasteiger partial charge in [0.15, 0.2) is 0 Å². The summed E-state index contributed by atoms with van der Waals surface area (Å²) < 4.78 is 6.35. The number of ether oxygens (including phenoxy) is 1. The van der Waals surface area contributed by atoms with Crippen LogP contribution in [-0.4, -0.2) is 7.11 Å². The fourth-order valence-electron chi connectivity index (χ4n) is 2.86. The lowest BCUT2D eigenvalue weighted by atomic mass is 9.87. The van der Waals surface area contributed by atoms with E-state index in [0.29, 0.717) is 6.04 Å². The van der Waals surface area contributed by atoms with Gasteiger partial charge in [-0.3, -0.25) is 0 Å². The summed E-state index contributed by atoms with van der Waals surface area (Å²) in [5, 5.41) is 4.33. The van der Waals surface area contributed by atoms with Crippen molar-refractivity contribution in [3.05, 3.63) is 57.0 Å². The van der Waals surface area contributed by atoms with Crippen LogP contribution in [0.3, 0.4) is 0 Å². The van der Waals surface area contributed by atoms with Gasteiger partial charge in [-0.05, 0) is 60.7 Å². The van der Waals surface area contributed by atoms with Crippen LogP contribution in [0.1, 0.15) is 30.0 Å². The van der Waals surface area contributed by atoms with Crippen molar-refractivity contribution in [1.82, 2.24) is 0 Å². The number of fused-ring (bicyclic) bond motifs is 1. The fraction of sp³-hybridized carbons (Fsp3) is 0.294. The third-order valence-corrected chi connectivity index (χ3v) is 4.75. The van der Waals surface area contributed by atoms with E-state index >= 15 is 0 Å². The monoisotopic (exact) mass is 365 g/mol. The van der Waals surface area contributed by atoms with Gasteiger partial charge < -0.3 is 10.1 Å². The molecule has 0 saturated heterocycles. The quantitative estimate of drug-likeness (QED) is 0.763. The standard InChI is InChI=1S/C17H17BrClNO/c1-21-13-6-7-14-11(9-13)3-2-4-16(14)20-17-10-12(18)5-8-15(17)19/h5-10,16,20H,2-4H2,1H3. The van der Waals surface area contributed by atoms with Crippen molar-refractivity contribution >= 4 is 33.2 Å². The molecule has 1 N–H and O–H groups in total. The summed E-state index contributed by atoms with van der Waals surface area (Å²) in [5.41, 5.74) is 3.68. The first-order chi connectivity index (χ1) is 10.2. The van der Waals surface area contributed by atoms with Crippen molar-refractivity contribution in [2.24, 2.45) is 0 Å². The third kappa shape index (κ3) is 3.19. The fourth-order valence-corrected chi connectivity index (χ4v) is 3.40. The number of rotatable bonds is 3. The lowest BCUT2D eigenvalue weighted by molar-refractivity contribution is 0.413. The minimum atomic E-state index is 0.298. The Balaban J connectivity index is 1.90. The zero-order valence-corrected chi connectivity index (χ0v) is 14.2. The summed E-state index contributed by atoms with van der Waals surface area (Å²) in [6.45, 7) is 0. The van der Waals surface area contributed by atoms with E-state index in [4.69, 9.17) is 16.3 Å². The van der Waals surface area contributed by atoms with Gasteiger partial charge in [-0.2, -0.15) is 0 Å². The SMILES string of the molecule is COc1ccc2c(c1)CCCC2Nc1cc(Br)ccc1Cl. The predicted octanol–water partition coefficient (Wildman–Crippen LogP) is 5.60. The summed E-state index contributed by atoms with van der Waals surface area (Å²) in [6.07, 6.45) is 3.39. The molecule has 2 aromatic carbocycles. The Kier molecular flexibility index (Phi) is 4.41. The highest BCUT2D eigenvalue weighted by Crippen LogP contribution is 2.36. The van der Waals surface area contributed by atoms with Crippen LogP contribution in [0, 0.1) is 0 Å². The van der Waals surface area contributed by atoms with Crippen molar-refractivity contribution in [2.45, 2.75) is 25.3 Å². The number of nitrogens with one attached hydrogen (secondary N) is 1. The molecule has 2 nitrogen and oxygen atoms in total. The summed E-state index contributed by atoms with van der Waals surface area (Å²) in [7, 11) is 1.71. The lowest BCUT2D eigenvalue weighted by Crippen LogP contribution is -2.17. The Bertz CT molecular complexity index is 659. The van der Waals surface area contributed by atoms with Gasteiger partial charge in [0.1, 0.15) is 5.75 Å². The molecule has 0 heterocycles. The normalized spacial score (nSPS) is 17.2. The number of hydrogen-bond donors (Lipinski definition) is 1. The first-order valence-corrected chi connectivity index (χ1v) is 8.23. The number of hydrogen-bond acceptors (Lipinski definition) is 2. The minimum absolute atomic E-state index is 0.298. The average molecular weight is 367 g/mol. The molecule has 0 amide bonds. The predicted molar refractivity (Wildman–Crippen MR) is 91.4 cm³/mol. The van der Waals surface area contributed by atoms with Crippen LogP contribution >= 0.6 is 27.5 Å². The average Bonchev–Trinajstić information content (AvgIpc) is 2.50. The maximum absolute atomic E-state index is 6.29. The summed E-state index contributed by atoms with van der Waals surface area (Å²) >= 11 is 9.78. The van der Waals surface area contributed by atoms with Gasteiger partial charge in [0.05, 0.1) is 23.9 Å². The number of methoxy groups -OCH3 is 1. The maximum Gasteiger partial charge on any atom is 0.119 e. The molecule has 0 bridgehead atoms. The van der Waals surface area contributed by atoms with Gasteiger partial charge in [0.2, 0.25) is 0 Å². The smallest absolute Gasteiger partial charge is 0.119 e. The molecule has 1 aliphatic carbocycles. The number of benzene rings is 2. The highest BCUT2D eigenvalue weighted by atomic mass is 79.9. The molecule has 4 heteroatoms. The molecule has 0 radical (unpaired) electrons. The molecular weight excluding hydrogens is 350 g/mol. The lowest BCUT2D eigenvalue weighted by Gasteiger charge is -2.28. The third-order valence-electron chi connectivity index (χ3n) is 3.92. The Morgan fingerprint density at radius 3 is 2.90 bits per heavy atom. The first-order valence-electron chi connectivity index (χ1n) is 7.06. The molecule has 1 atom stereocenters. The van der Waals surface area contributed by atoms with E-state index in [1.165, 1.54) is 17.5 Å². The summed E-state index contributed by atoms with van der Waals surface area (Å²) in [6, 6.07) is 12.5. The molecule has 0 spiro atoms. The molecule has 1 aliphatic rings. The molecule has 1 unspecified atom stereocenters. The van der Waals surface area contributed by atoms with Crippen molar-refractivity contribution < 1.29 is 4.74 Å². The summed E-state index contributed by atoms with van der Waals surface area (Å²) in [5.74, 6) is 0.926. The second-order valence-electron chi connectivity index (χ2n) is 5.28. The molecule has 0 saturated carbocycles. The molecule has 2 aromatic rings. The molecule has 0 aliphatic heterocycles. The Hall–Kier alpha value is -1.19. The summed E-state index contributed by atoms with van der Waals surface area (Å²) in [4.78, 5) is 0. The molecule has 0 fully saturated rings. The topological polar surface area (TPSA) is 21.3 Å². The van der Waals surface area contributed by atoms with Gasteiger partial charge in [0, 0.05) is 4.47 Å². The van der Waals surface area contributed by atoms with Crippen LogP contribution in [-0.2, 0) is 6.42 Å². The second-order valence-corrected chi connectivity index (χ2v) is 6.60. The molecule has 0 aromatic heterocycles. The van der Waals surface area contributed by atoms with E-state index in [0.717, 1.165) is 33.8 Å². The van der Waals surface area contributed by atoms with E-state index in [9.17, 15) is 0 Å². The van der Waals surface area contributed by atoms with E-state index in [-0.39, 0.29) is 0 Å². The van der Waals surface area contributed by atoms with Gasteiger partial charge in [-0.1, -0.05) is 33.6 Å². The van der Waals surface area contributed by atoms with E-state index in [1.54, 1.807) is 7.11 Å². The van der Waals surface area contributed by atoms with Gasteiger partial charge in [-0.15, -0.1) is 0 Å². The number of aryl methyl sites for hydroxylation is 1. The zero-order chi connectivity index (χ0) is 14.8. The Labute approximate surface area is 138 Å². The Morgan fingerprint density at radius 1 is 1.24 bits per heavy atom. The second kappa shape index (κ2) is 6.29. The maximum atomic E-state index is 6.29. The van der Waals surface area contributed by atoms with Crippen LogP contribution in [0.25, 0.3) is 0 Å². The van der Waals surface area contributed by atoms with Gasteiger partial charge in [-0.25, -0.2) is 0 Å². The van der Waals surface area contributed by atoms with E-state index in [2.05, 4.69) is 33.4 Å². The minimum Gasteiger partial charge on any atom is -0.497 e. The van der Waals surface area contributed by atoms with Crippen LogP contribution in [0.15, 0.2) is 40.9 Å². The van der Waals surface area contributed by atoms with Crippen molar-refractivity contribution in [3.8, 4) is 5.75 Å². The molecule has 21 heavy (non-hydrogen) atoms. The highest BCUT2D eigenvalue weighted by Gasteiger charge is 2.21. The molecule has 110 valence electrons. The van der Waals surface area contributed by atoms with Crippen molar-refractivity contribution in [3.63, 3.8) is 0 Å². The number of halogens is 2.